The minimum Gasteiger partial charge on any atom is -0.338 e. The minimum atomic E-state index is 0.655. The molecule has 1 aliphatic heterocycles. The fraction of sp³-hybridized carbons (Fsp3) is 0.333. The number of fused-ring (bicyclic) bond motifs is 3. The molecule has 0 amide bonds. The van der Waals surface area contributed by atoms with E-state index in [-0.39, 0.29) is 0 Å². The van der Waals surface area contributed by atoms with Gasteiger partial charge in [-0.15, -0.1) is 0 Å². The number of benzene rings is 2. The van der Waals surface area contributed by atoms with Crippen LogP contribution in [0, 0.1) is 0 Å². The van der Waals surface area contributed by atoms with Gasteiger partial charge in [-0.2, -0.15) is 0 Å². The van der Waals surface area contributed by atoms with Gasteiger partial charge in [0, 0.05) is 27.8 Å². The third kappa shape index (κ3) is 1.89. The summed E-state index contributed by atoms with van der Waals surface area (Å²) in [6.45, 7) is 0. The Morgan fingerprint density at radius 1 is 0.900 bits per heavy atom. The standard InChI is InChI=1S/C18H18BrN/c19-13-9-11-14(12-10-13)20-17-7-3-1-5-15(17)16-6-2-4-8-18(16)20/h1,3,5,7,9-12,16,18H,2,4,6,8H2. The topological polar surface area (TPSA) is 3.24 Å². The van der Waals surface area contributed by atoms with Gasteiger partial charge in [-0.3, -0.25) is 0 Å². The van der Waals surface area contributed by atoms with Gasteiger partial charge in [0.1, 0.15) is 0 Å². The van der Waals surface area contributed by atoms with Gasteiger partial charge in [0.2, 0.25) is 0 Å². The Bertz CT molecular complexity index is 620. The van der Waals surface area contributed by atoms with Gasteiger partial charge in [0.05, 0.1) is 0 Å². The number of para-hydroxylation sites is 1. The molecule has 2 heteroatoms. The maximum Gasteiger partial charge on any atom is 0.0449 e. The average molecular weight is 328 g/mol. The van der Waals surface area contributed by atoms with E-state index < -0.39 is 0 Å². The van der Waals surface area contributed by atoms with Crippen molar-refractivity contribution < 1.29 is 0 Å². The molecule has 20 heavy (non-hydrogen) atoms. The SMILES string of the molecule is Brc1ccc(N2c3ccccc3C3CCCCC32)cc1. The first kappa shape index (κ1) is 12.5. The van der Waals surface area contributed by atoms with Gasteiger partial charge in [-0.05, 0) is 48.7 Å². The fourth-order valence-electron chi connectivity index (χ4n) is 3.91. The van der Waals surface area contributed by atoms with Crippen LogP contribution in [0.3, 0.4) is 0 Å². The van der Waals surface area contributed by atoms with Crippen molar-refractivity contribution in [2.45, 2.75) is 37.6 Å². The highest BCUT2D eigenvalue weighted by atomic mass is 79.9. The molecule has 0 bridgehead atoms. The van der Waals surface area contributed by atoms with E-state index in [0.717, 1.165) is 10.4 Å². The molecule has 2 atom stereocenters. The van der Waals surface area contributed by atoms with Crippen LogP contribution in [0.15, 0.2) is 53.0 Å². The summed E-state index contributed by atoms with van der Waals surface area (Å²) in [5.41, 5.74) is 4.31. The molecule has 0 N–H and O–H groups in total. The Morgan fingerprint density at radius 3 is 2.50 bits per heavy atom. The number of hydrogen-bond acceptors (Lipinski definition) is 1. The Morgan fingerprint density at radius 2 is 1.65 bits per heavy atom. The number of rotatable bonds is 1. The predicted octanol–water partition coefficient (Wildman–Crippen LogP) is 5.63. The van der Waals surface area contributed by atoms with Gasteiger partial charge in [-0.25, -0.2) is 0 Å². The van der Waals surface area contributed by atoms with Crippen molar-refractivity contribution in [3.05, 3.63) is 58.6 Å². The first-order valence-electron chi connectivity index (χ1n) is 7.48. The van der Waals surface area contributed by atoms with Gasteiger partial charge < -0.3 is 4.90 Å². The smallest absolute Gasteiger partial charge is 0.0449 e. The fourth-order valence-corrected chi connectivity index (χ4v) is 4.18. The summed E-state index contributed by atoms with van der Waals surface area (Å²) in [5, 5.41) is 0. The van der Waals surface area contributed by atoms with Crippen molar-refractivity contribution in [2.75, 3.05) is 4.90 Å². The normalized spacial score (nSPS) is 24.4. The predicted molar refractivity (Wildman–Crippen MR) is 87.7 cm³/mol. The van der Waals surface area contributed by atoms with Crippen molar-refractivity contribution in [3.63, 3.8) is 0 Å². The molecule has 0 aromatic heterocycles. The van der Waals surface area contributed by atoms with E-state index in [2.05, 4.69) is 69.4 Å². The molecule has 102 valence electrons. The van der Waals surface area contributed by atoms with Crippen molar-refractivity contribution in [1.29, 1.82) is 0 Å². The van der Waals surface area contributed by atoms with E-state index in [1.54, 1.807) is 5.56 Å². The first-order valence-corrected chi connectivity index (χ1v) is 8.27. The van der Waals surface area contributed by atoms with Crippen LogP contribution in [0.4, 0.5) is 11.4 Å². The number of anilines is 2. The third-order valence-electron chi connectivity index (χ3n) is 4.76. The van der Waals surface area contributed by atoms with E-state index in [1.165, 1.54) is 37.1 Å². The van der Waals surface area contributed by atoms with Crippen LogP contribution in [0.5, 0.6) is 0 Å². The molecule has 2 unspecified atom stereocenters. The van der Waals surface area contributed by atoms with E-state index in [9.17, 15) is 0 Å². The summed E-state index contributed by atoms with van der Waals surface area (Å²) in [6, 6.07) is 18.4. The quantitative estimate of drug-likeness (QED) is 0.656. The van der Waals surface area contributed by atoms with Gasteiger partial charge in [-0.1, -0.05) is 47.0 Å². The summed E-state index contributed by atoms with van der Waals surface area (Å²) in [4.78, 5) is 2.58. The largest absolute Gasteiger partial charge is 0.338 e. The van der Waals surface area contributed by atoms with E-state index >= 15 is 0 Å². The summed E-state index contributed by atoms with van der Waals surface area (Å²) < 4.78 is 1.15. The van der Waals surface area contributed by atoms with Crippen LogP contribution in [-0.2, 0) is 0 Å². The van der Waals surface area contributed by atoms with Crippen molar-refractivity contribution >= 4 is 27.3 Å². The molecular weight excluding hydrogens is 310 g/mol. The lowest BCUT2D eigenvalue weighted by Gasteiger charge is -2.33. The van der Waals surface area contributed by atoms with Crippen LogP contribution in [0.25, 0.3) is 0 Å². The van der Waals surface area contributed by atoms with Crippen LogP contribution in [0.1, 0.15) is 37.2 Å². The Kier molecular flexibility index (Phi) is 3.07. The lowest BCUT2D eigenvalue weighted by molar-refractivity contribution is 0.402. The highest BCUT2D eigenvalue weighted by Gasteiger charge is 2.39. The Hall–Kier alpha value is -1.28. The summed E-state index contributed by atoms with van der Waals surface area (Å²) in [5.74, 6) is 0.726. The van der Waals surface area contributed by atoms with Crippen LogP contribution >= 0.6 is 15.9 Å². The molecule has 1 heterocycles. The van der Waals surface area contributed by atoms with Gasteiger partial charge in [0.25, 0.3) is 0 Å². The summed E-state index contributed by atoms with van der Waals surface area (Å²) in [7, 11) is 0. The second-order valence-corrected chi connectivity index (χ2v) is 6.78. The number of nitrogens with zero attached hydrogens (tertiary/aromatic N) is 1. The lowest BCUT2D eigenvalue weighted by Crippen LogP contribution is -2.32. The third-order valence-corrected chi connectivity index (χ3v) is 5.29. The molecule has 1 saturated carbocycles. The first-order chi connectivity index (χ1) is 9.84. The molecule has 4 rings (SSSR count). The maximum absolute atomic E-state index is 3.54. The molecule has 1 nitrogen and oxygen atoms in total. The highest BCUT2D eigenvalue weighted by molar-refractivity contribution is 9.10. The molecule has 2 aliphatic rings. The van der Waals surface area contributed by atoms with Crippen molar-refractivity contribution in [3.8, 4) is 0 Å². The minimum absolute atomic E-state index is 0.655. The van der Waals surface area contributed by atoms with Gasteiger partial charge in [0.15, 0.2) is 0 Å². The zero-order valence-electron chi connectivity index (χ0n) is 11.4. The molecule has 0 spiro atoms. The van der Waals surface area contributed by atoms with Crippen molar-refractivity contribution in [2.24, 2.45) is 0 Å². The summed E-state index contributed by atoms with van der Waals surface area (Å²) >= 11 is 3.54. The van der Waals surface area contributed by atoms with Crippen LogP contribution < -0.4 is 4.90 Å². The molecule has 2 aromatic carbocycles. The van der Waals surface area contributed by atoms with Crippen molar-refractivity contribution in [1.82, 2.24) is 0 Å². The molecule has 0 saturated heterocycles. The maximum atomic E-state index is 3.54. The van der Waals surface area contributed by atoms with E-state index in [0.29, 0.717) is 6.04 Å². The van der Waals surface area contributed by atoms with Crippen LogP contribution in [-0.4, -0.2) is 6.04 Å². The second-order valence-electron chi connectivity index (χ2n) is 5.86. The van der Waals surface area contributed by atoms with Gasteiger partial charge >= 0.3 is 0 Å². The van der Waals surface area contributed by atoms with E-state index in [4.69, 9.17) is 0 Å². The van der Waals surface area contributed by atoms with Crippen LogP contribution in [0.2, 0.25) is 0 Å². The zero-order valence-corrected chi connectivity index (χ0v) is 13.0. The number of halogens is 1. The zero-order chi connectivity index (χ0) is 13.5. The summed E-state index contributed by atoms with van der Waals surface area (Å²) in [6.07, 6.45) is 5.40. The molecular formula is C18H18BrN. The molecule has 0 radical (unpaired) electrons. The Labute approximate surface area is 128 Å². The second kappa shape index (κ2) is 4.92. The molecule has 1 fully saturated rings. The highest BCUT2D eigenvalue weighted by Crippen LogP contribution is 2.50. The van der Waals surface area contributed by atoms with E-state index in [1.807, 2.05) is 0 Å². The lowest BCUT2D eigenvalue weighted by atomic mass is 9.82. The Balaban J connectivity index is 1.83. The molecule has 2 aromatic rings. The number of hydrogen-bond donors (Lipinski definition) is 0. The average Bonchev–Trinajstić information content (AvgIpc) is 2.83. The monoisotopic (exact) mass is 327 g/mol. The molecule has 1 aliphatic carbocycles.